The second kappa shape index (κ2) is 12.7. The molecule has 0 saturated heterocycles. The molecule has 6 aromatic carbocycles. The number of nitrogens with zero attached hydrogens (tertiary/aromatic N) is 3. The summed E-state index contributed by atoms with van der Waals surface area (Å²) in [5, 5.41) is 23.2. The van der Waals surface area contributed by atoms with Gasteiger partial charge in [0.1, 0.15) is 10.8 Å². The Hall–Kier alpha value is -5.57. The van der Waals surface area contributed by atoms with Gasteiger partial charge in [-0.2, -0.15) is 5.26 Å². The fourth-order valence-corrected chi connectivity index (χ4v) is 7.39. The third-order valence-electron chi connectivity index (χ3n) is 9.27. The van der Waals surface area contributed by atoms with Crippen molar-refractivity contribution in [2.75, 3.05) is 0 Å². The minimum atomic E-state index is -0.0723. The molecule has 0 saturated carbocycles. The molecule has 5 heteroatoms. The number of fused-ring (bicyclic) bond motifs is 2. The molecule has 4 nitrogen and oxygen atoms in total. The van der Waals surface area contributed by atoms with Crippen molar-refractivity contribution in [3.05, 3.63) is 138 Å². The summed E-state index contributed by atoms with van der Waals surface area (Å²) in [6.07, 6.45) is 1.75. The second-order valence-electron chi connectivity index (χ2n) is 14.8. The van der Waals surface area contributed by atoms with Crippen LogP contribution in [0.25, 0.3) is 53.8 Å². The predicted molar refractivity (Wildman–Crippen MR) is 211 cm³/mol. The molecule has 0 atom stereocenters. The third kappa shape index (κ3) is 6.31. The van der Waals surface area contributed by atoms with Gasteiger partial charge in [0.2, 0.25) is 0 Å². The lowest BCUT2D eigenvalue weighted by Gasteiger charge is -2.21. The fraction of sp³-hybridized carbons (Fsp3) is 0.178. The summed E-state index contributed by atoms with van der Waals surface area (Å²) in [5.74, 6) is 0.205. The minimum Gasteiger partial charge on any atom is -0.507 e. The number of aliphatic imine (C=N–C) groups is 1. The van der Waals surface area contributed by atoms with Crippen molar-refractivity contribution < 1.29 is 5.11 Å². The van der Waals surface area contributed by atoms with Gasteiger partial charge in [0.15, 0.2) is 0 Å². The zero-order chi connectivity index (χ0) is 35.2. The molecule has 0 aliphatic carbocycles. The summed E-state index contributed by atoms with van der Waals surface area (Å²) < 4.78 is 1.12. The number of phenols is 1. The molecule has 50 heavy (non-hydrogen) atoms. The lowest BCUT2D eigenvalue weighted by atomic mass is 9.84. The highest BCUT2D eigenvalue weighted by Crippen LogP contribution is 2.44. The van der Waals surface area contributed by atoms with Crippen molar-refractivity contribution in [1.29, 1.82) is 5.26 Å². The van der Waals surface area contributed by atoms with Crippen molar-refractivity contribution in [3.63, 3.8) is 0 Å². The van der Waals surface area contributed by atoms with Gasteiger partial charge in [-0.3, -0.25) is 4.99 Å². The molecule has 1 heterocycles. The van der Waals surface area contributed by atoms with Crippen LogP contribution in [0.5, 0.6) is 5.75 Å². The number of phenolic OH excluding ortho intramolecular Hbond substituents is 1. The van der Waals surface area contributed by atoms with Gasteiger partial charge in [-0.1, -0.05) is 108 Å². The number of thiazole rings is 1. The van der Waals surface area contributed by atoms with Crippen molar-refractivity contribution in [2.24, 2.45) is 4.99 Å². The van der Waals surface area contributed by atoms with Gasteiger partial charge >= 0.3 is 0 Å². The smallest absolute Gasteiger partial charge is 0.126 e. The first kappa shape index (κ1) is 33.0. The number of aromatic hydroxyl groups is 1. The van der Waals surface area contributed by atoms with E-state index in [-0.39, 0.29) is 16.6 Å². The molecule has 0 aliphatic rings. The number of benzene rings is 6. The standard InChI is InChI=1S/C45H39N3OS/c1-44(2,3)31-19-22-40(49)30(23-31)27-47-39-14-10-9-13-37(39)43-48-42-38(24-32(45(4,5)6)25-41(42)50-43)36-21-20-33(34-11-7-8-12-35(34)36)29-17-15-28(26-46)16-18-29/h7-25,27,49H,1-6H3. The summed E-state index contributed by atoms with van der Waals surface area (Å²) in [5.41, 5.74) is 10.7. The molecule has 246 valence electrons. The summed E-state index contributed by atoms with van der Waals surface area (Å²) in [6, 6.07) is 41.4. The molecule has 0 spiro atoms. The Morgan fingerprint density at radius 1 is 0.680 bits per heavy atom. The van der Waals surface area contributed by atoms with Gasteiger partial charge in [0, 0.05) is 22.9 Å². The minimum absolute atomic E-state index is 0.0475. The number of aromatic nitrogens is 1. The maximum atomic E-state index is 10.7. The van der Waals surface area contributed by atoms with Crippen LogP contribution in [0.4, 0.5) is 5.69 Å². The number of para-hydroxylation sites is 1. The SMILES string of the molecule is CC(C)(C)c1ccc(O)c(C=Nc2ccccc2-c2nc3c(-c4ccc(-c5ccc(C#N)cc5)c5ccccc45)cc(C(C)(C)C)cc3s2)c1. The Labute approximate surface area is 298 Å². The average molecular weight is 670 g/mol. The average Bonchev–Trinajstić information content (AvgIpc) is 3.54. The molecule has 0 aliphatic heterocycles. The summed E-state index contributed by atoms with van der Waals surface area (Å²) in [4.78, 5) is 10.2. The van der Waals surface area contributed by atoms with Crippen LogP contribution >= 0.6 is 11.3 Å². The van der Waals surface area contributed by atoms with E-state index < -0.39 is 0 Å². The van der Waals surface area contributed by atoms with E-state index in [9.17, 15) is 10.4 Å². The Morgan fingerprint density at radius 2 is 1.34 bits per heavy atom. The first-order valence-electron chi connectivity index (χ1n) is 16.9. The number of hydrogen-bond donors (Lipinski definition) is 1. The highest BCUT2D eigenvalue weighted by molar-refractivity contribution is 7.21. The van der Waals surface area contributed by atoms with Crippen LogP contribution in [-0.4, -0.2) is 16.3 Å². The Balaban J connectivity index is 1.38. The topological polar surface area (TPSA) is 69.3 Å². The summed E-state index contributed by atoms with van der Waals surface area (Å²) >= 11 is 1.68. The first-order valence-corrected chi connectivity index (χ1v) is 17.7. The first-order chi connectivity index (χ1) is 23.9. The van der Waals surface area contributed by atoms with Crippen LogP contribution in [0.1, 0.15) is 63.8 Å². The largest absolute Gasteiger partial charge is 0.507 e. The predicted octanol–water partition coefficient (Wildman–Crippen LogP) is 12.4. The van der Waals surface area contributed by atoms with Gasteiger partial charge in [0.05, 0.1) is 27.5 Å². The summed E-state index contributed by atoms with van der Waals surface area (Å²) in [7, 11) is 0. The van der Waals surface area contributed by atoms with E-state index >= 15 is 0 Å². The summed E-state index contributed by atoms with van der Waals surface area (Å²) in [6.45, 7) is 13.2. The van der Waals surface area contributed by atoms with Crippen LogP contribution in [0.3, 0.4) is 0 Å². The van der Waals surface area contributed by atoms with Crippen molar-refractivity contribution >= 4 is 44.2 Å². The maximum absolute atomic E-state index is 10.7. The van der Waals surface area contributed by atoms with E-state index in [4.69, 9.17) is 9.98 Å². The molecule has 0 fully saturated rings. The molecule has 1 aromatic heterocycles. The highest BCUT2D eigenvalue weighted by atomic mass is 32.1. The van der Waals surface area contributed by atoms with Crippen LogP contribution < -0.4 is 0 Å². The van der Waals surface area contributed by atoms with Gasteiger partial charge in [-0.05, 0) is 98.0 Å². The van der Waals surface area contributed by atoms with E-state index in [2.05, 4.69) is 102 Å². The second-order valence-corrected chi connectivity index (χ2v) is 15.9. The lowest BCUT2D eigenvalue weighted by molar-refractivity contribution is 0.473. The lowest BCUT2D eigenvalue weighted by Crippen LogP contribution is -2.11. The van der Waals surface area contributed by atoms with E-state index in [1.54, 1.807) is 23.6 Å². The molecule has 7 aromatic rings. The zero-order valence-electron chi connectivity index (χ0n) is 29.2. The molecule has 0 radical (unpaired) electrons. The molecular weight excluding hydrogens is 631 g/mol. The molecular formula is C45H39N3OS. The van der Waals surface area contributed by atoms with E-state index in [0.29, 0.717) is 11.1 Å². The third-order valence-corrected chi connectivity index (χ3v) is 10.3. The normalized spacial score (nSPS) is 12.2. The van der Waals surface area contributed by atoms with Crippen molar-refractivity contribution in [1.82, 2.24) is 4.98 Å². The Kier molecular flexibility index (Phi) is 8.38. The van der Waals surface area contributed by atoms with E-state index in [0.717, 1.165) is 65.1 Å². The van der Waals surface area contributed by atoms with Gasteiger partial charge in [-0.25, -0.2) is 4.98 Å². The zero-order valence-corrected chi connectivity index (χ0v) is 30.1. The number of rotatable bonds is 5. The van der Waals surface area contributed by atoms with Gasteiger partial charge < -0.3 is 5.11 Å². The van der Waals surface area contributed by atoms with Crippen LogP contribution in [-0.2, 0) is 10.8 Å². The molecule has 1 N–H and O–H groups in total. The molecule has 7 rings (SSSR count). The Bertz CT molecular complexity index is 2470. The quantitative estimate of drug-likeness (QED) is 0.185. The molecule has 0 amide bonds. The monoisotopic (exact) mass is 669 g/mol. The number of nitriles is 1. The van der Waals surface area contributed by atoms with Crippen LogP contribution in [0.15, 0.2) is 120 Å². The number of hydrogen-bond acceptors (Lipinski definition) is 5. The van der Waals surface area contributed by atoms with Crippen molar-refractivity contribution in [2.45, 2.75) is 52.4 Å². The molecule has 0 unspecified atom stereocenters. The van der Waals surface area contributed by atoms with E-state index in [1.807, 2.05) is 54.6 Å². The van der Waals surface area contributed by atoms with Crippen molar-refractivity contribution in [3.8, 4) is 44.6 Å². The fourth-order valence-electron chi connectivity index (χ4n) is 6.32. The Morgan fingerprint density at radius 3 is 2.04 bits per heavy atom. The van der Waals surface area contributed by atoms with Crippen LogP contribution in [0.2, 0.25) is 0 Å². The molecule has 0 bridgehead atoms. The van der Waals surface area contributed by atoms with Gasteiger partial charge in [-0.15, -0.1) is 11.3 Å². The maximum Gasteiger partial charge on any atom is 0.126 e. The highest BCUT2D eigenvalue weighted by Gasteiger charge is 2.22. The van der Waals surface area contributed by atoms with E-state index in [1.165, 1.54) is 5.56 Å². The van der Waals surface area contributed by atoms with Gasteiger partial charge in [0.25, 0.3) is 0 Å². The van der Waals surface area contributed by atoms with Crippen LogP contribution in [0, 0.1) is 11.3 Å².